The summed E-state index contributed by atoms with van der Waals surface area (Å²) in [5, 5.41) is 9.52. The first-order valence-corrected chi connectivity index (χ1v) is 4.78. The highest BCUT2D eigenvalue weighted by atomic mass is 16.5. The van der Waals surface area contributed by atoms with Crippen LogP contribution in [-0.4, -0.2) is 24.2 Å². The van der Waals surface area contributed by atoms with Gasteiger partial charge < -0.3 is 15.2 Å². The second kappa shape index (κ2) is 4.23. The van der Waals surface area contributed by atoms with E-state index in [4.69, 9.17) is 0 Å². The van der Waals surface area contributed by atoms with Crippen molar-refractivity contribution in [1.29, 1.82) is 0 Å². The Morgan fingerprint density at radius 3 is 3.29 bits per heavy atom. The van der Waals surface area contributed by atoms with E-state index in [0.29, 0.717) is 5.82 Å². The first kappa shape index (κ1) is 9.21. The topological polar surface area (TPSA) is 67.2 Å². The molecule has 2 rings (SSSR count). The summed E-state index contributed by atoms with van der Waals surface area (Å²) in [4.78, 5) is 11.6. The normalized spacial score (nSPS) is 21.9. The zero-order valence-electron chi connectivity index (χ0n) is 7.82. The van der Waals surface area contributed by atoms with Crippen molar-refractivity contribution in [3.63, 3.8) is 0 Å². The highest BCUT2D eigenvalue weighted by molar-refractivity contribution is 5.91. The van der Waals surface area contributed by atoms with Crippen LogP contribution in [0.1, 0.15) is 12.8 Å². The van der Waals surface area contributed by atoms with E-state index in [-0.39, 0.29) is 11.8 Å². The molecule has 1 aromatic heterocycles. The molecule has 76 valence electrons. The maximum absolute atomic E-state index is 11.6. The van der Waals surface area contributed by atoms with Crippen LogP contribution in [0.25, 0.3) is 0 Å². The largest absolute Gasteiger partial charge is 0.363 e. The molecule has 0 bridgehead atoms. The second-order valence-corrected chi connectivity index (χ2v) is 3.42. The van der Waals surface area contributed by atoms with Crippen molar-refractivity contribution < 1.29 is 9.32 Å². The van der Waals surface area contributed by atoms with Crippen LogP contribution in [0.4, 0.5) is 5.82 Å². The fourth-order valence-corrected chi connectivity index (χ4v) is 1.58. The van der Waals surface area contributed by atoms with Gasteiger partial charge in [-0.3, -0.25) is 4.79 Å². The highest BCUT2D eigenvalue weighted by Crippen LogP contribution is 2.12. The van der Waals surface area contributed by atoms with Gasteiger partial charge in [0, 0.05) is 12.6 Å². The molecular formula is C9H13N3O2. The summed E-state index contributed by atoms with van der Waals surface area (Å²) in [5.74, 6) is 0.562. The third-order valence-electron chi connectivity index (χ3n) is 2.36. The number of piperidine rings is 1. The average molecular weight is 195 g/mol. The van der Waals surface area contributed by atoms with Gasteiger partial charge in [-0.05, 0) is 19.4 Å². The maximum Gasteiger partial charge on any atom is 0.230 e. The number of amides is 1. The van der Waals surface area contributed by atoms with Gasteiger partial charge in [0.1, 0.15) is 6.26 Å². The molecule has 1 atom stereocenters. The fourth-order valence-electron chi connectivity index (χ4n) is 1.58. The summed E-state index contributed by atoms with van der Waals surface area (Å²) in [5.41, 5.74) is 0. The molecule has 1 amide bonds. The van der Waals surface area contributed by atoms with Gasteiger partial charge >= 0.3 is 0 Å². The fraction of sp³-hybridized carbons (Fsp3) is 0.556. The highest BCUT2D eigenvalue weighted by Gasteiger charge is 2.21. The zero-order valence-corrected chi connectivity index (χ0v) is 7.82. The van der Waals surface area contributed by atoms with Crippen molar-refractivity contribution in [2.45, 2.75) is 12.8 Å². The minimum absolute atomic E-state index is 0.0195. The molecule has 0 aromatic carbocycles. The average Bonchev–Trinajstić information content (AvgIpc) is 2.72. The monoisotopic (exact) mass is 195 g/mol. The molecule has 5 heteroatoms. The van der Waals surface area contributed by atoms with Gasteiger partial charge in [-0.25, -0.2) is 0 Å². The number of nitrogens with one attached hydrogen (secondary N) is 2. The Morgan fingerprint density at radius 1 is 1.71 bits per heavy atom. The van der Waals surface area contributed by atoms with Crippen molar-refractivity contribution in [2.75, 3.05) is 18.4 Å². The number of carbonyl (C=O) groups is 1. The summed E-state index contributed by atoms with van der Waals surface area (Å²) in [6, 6.07) is 1.63. The van der Waals surface area contributed by atoms with Crippen LogP contribution in [0.15, 0.2) is 16.9 Å². The van der Waals surface area contributed by atoms with Gasteiger partial charge in [0.25, 0.3) is 0 Å². The molecule has 0 radical (unpaired) electrons. The number of hydrogen-bond acceptors (Lipinski definition) is 4. The molecule has 1 aliphatic heterocycles. The van der Waals surface area contributed by atoms with Crippen LogP contribution >= 0.6 is 0 Å². The minimum atomic E-state index is 0.0195. The van der Waals surface area contributed by atoms with Crippen LogP contribution in [0.2, 0.25) is 0 Å². The molecule has 1 saturated heterocycles. The van der Waals surface area contributed by atoms with Gasteiger partial charge in [0.2, 0.25) is 5.91 Å². The SMILES string of the molecule is O=C(Nc1ccon1)C1CCCNC1. The maximum atomic E-state index is 11.6. The zero-order chi connectivity index (χ0) is 9.80. The van der Waals surface area contributed by atoms with Crippen molar-refractivity contribution in [3.8, 4) is 0 Å². The van der Waals surface area contributed by atoms with Crippen molar-refractivity contribution in [3.05, 3.63) is 12.3 Å². The van der Waals surface area contributed by atoms with Crippen molar-refractivity contribution in [2.24, 2.45) is 5.92 Å². The lowest BCUT2D eigenvalue weighted by Crippen LogP contribution is -2.37. The van der Waals surface area contributed by atoms with E-state index in [1.165, 1.54) is 6.26 Å². The van der Waals surface area contributed by atoms with Crippen molar-refractivity contribution >= 4 is 11.7 Å². The van der Waals surface area contributed by atoms with Crippen LogP contribution in [0, 0.1) is 5.92 Å². The van der Waals surface area contributed by atoms with E-state index in [2.05, 4.69) is 20.3 Å². The molecule has 1 unspecified atom stereocenters. The molecule has 2 heterocycles. The summed E-state index contributed by atoms with van der Waals surface area (Å²) < 4.78 is 4.62. The van der Waals surface area contributed by atoms with Gasteiger partial charge in [-0.15, -0.1) is 0 Å². The Morgan fingerprint density at radius 2 is 2.64 bits per heavy atom. The molecule has 14 heavy (non-hydrogen) atoms. The van der Waals surface area contributed by atoms with Crippen LogP contribution in [0.5, 0.6) is 0 Å². The van der Waals surface area contributed by atoms with Crippen LogP contribution in [-0.2, 0) is 4.79 Å². The number of hydrogen-bond donors (Lipinski definition) is 2. The number of rotatable bonds is 2. The summed E-state index contributed by atoms with van der Waals surface area (Å²) in [6.45, 7) is 1.76. The lowest BCUT2D eigenvalue weighted by Gasteiger charge is -2.21. The Hall–Kier alpha value is -1.36. The molecule has 2 N–H and O–H groups in total. The summed E-state index contributed by atoms with van der Waals surface area (Å²) in [6.07, 6.45) is 3.43. The predicted octanol–water partition coefficient (Wildman–Crippen LogP) is 0.613. The number of anilines is 1. The Balaban J connectivity index is 1.88. The molecule has 1 aliphatic rings. The quantitative estimate of drug-likeness (QED) is 0.725. The van der Waals surface area contributed by atoms with E-state index < -0.39 is 0 Å². The van der Waals surface area contributed by atoms with E-state index in [1.54, 1.807) is 6.07 Å². The number of aromatic nitrogens is 1. The first-order valence-electron chi connectivity index (χ1n) is 4.78. The van der Waals surface area contributed by atoms with Crippen LogP contribution in [0.3, 0.4) is 0 Å². The third-order valence-corrected chi connectivity index (χ3v) is 2.36. The molecule has 1 aromatic rings. The Kier molecular flexibility index (Phi) is 2.78. The molecule has 0 aliphatic carbocycles. The van der Waals surface area contributed by atoms with Crippen LogP contribution < -0.4 is 10.6 Å². The Labute approximate surface area is 81.8 Å². The summed E-state index contributed by atoms with van der Waals surface area (Å²) >= 11 is 0. The van der Waals surface area contributed by atoms with E-state index in [0.717, 1.165) is 25.9 Å². The Bertz CT molecular complexity index is 291. The molecule has 5 nitrogen and oxygen atoms in total. The molecule has 0 spiro atoms. The lowest BCUT2D eigenvalue weighted by atomic mass is 9.99. The van der Waals surface area contributed by atoms with Gasteiger partial charge in [0.15, 0.2) is 5.82 Å². The van der Waals surface area contributed by atoms with Gasteiger partial charge in [-0.1, -0.05) is 5.16 Å². The van der Waals surface area contributed by atoms with E-state index in [9.17, 15) is 4.79 Å². The molecule has 1 fully saturated rings. The number of carbonyl (C=O) groups excluding carboxylic acids is 1. The second-order valence-electron chi connectivity index (χ2n) is 3.42. The lowest BCUT2D eigenvalue weighted by molar-refractivity contribution is -0.120. The standard InChI is InChI=1S/C9H13N3O2/c13-9(7-2-1-4-10-6-7)11-8-3-5-14-12-8/h3,5,7,10H,1-2,4,6H2,(H,11,12,13). The summed E-state index contributed by atoms with van der Waals surface area (Å²) in [7, 11) is 0. The first-order chi connectivity index (χ1) is 6.86. The predicted molar refractivity (Wildman–Crippen MR) is 50.7 cm³/mol. The third kappa shape index (κ3) is 2.11. The van der Waals surface area contributed by atoms with E-state index in [1.807, 2.05) is 0 Å². The van der Waals surface area contributed by atoms with Crippen molar-refractivity contribution in [1.82, 2.24) is 10.5 Å². The molecule has 0 saturated carbocycles. The van der Waals surface area contributed by atoms with Gasteiger partial charge in [0.05, 0.1) is 5.92 Å². The minimum Gasteiger partial charge on any atom is -0.363 e. The smallest absolute Gasteiger partial charge is 0.230 e. The molecular weight excluding hydrogens is 182 g/mol. The van der Waals surface area contributed by atoms with Gasteiger partial charge in [-0.2, -0.15) is 0 Å². The number of nitrogens with zero attached hydrogens (tertiary/aromatic N) is 1. The van der Waals surface area contributed by atoms with E-state index >= 15 is 0 Å².